The summed E-state index contributed by atoms with van der Waals surface area (Å²) in [6.45, 7) is 9.34. The van der Waals surface area contributed by atoms with Gasteiger partial charge in [-0.1, -0.05) is 6.07 Å². The Morgan fingerprint density at radius 1 is 1.14 bits per heavy atom. The molecule has 0 spiro atoms. The third kappa shape index (κ3) is 2.63. The molecule has 3 rings (SSSR count). The molecule has 0 unspecified atom stereocenters. The van der Waals surface area contributed by atoms with Crippen molar-refractivity contribution in [2.75, 3.05) is 26.2 Å². The van der Waals surface area contributed by atoms with Gasteiger partial charge in [0.2, 0.25) is 0 Å². The van der Waals surface area contributed by atoms with E-state index in [1.165, 1.54) is 5.56 Å². The van der Waals surface area contributed by atoms with E-state index in [1.54, 1.807) is 0 Å². The lowest BCUT2D eigenvalue weighted by molar-refractivity contribution is 0.0737. The molecule has 0 aliphatic carbocycles. The summed E-state index contributed by atoms with van der Waals surface area (Å²) in [6.07, 6.45) is 0. The molecule has 1 aliphatic rings. The number of aromatic nitrogens is 1. The van der Waals surface area contributed by atoms with Crippen LogP contribution in [0, 0.1) is 20.8 Å². The number of pyridine rings is 1. The van der Waals surface area contributed by atoms with Gasteiger partial charge in [0.15, 0.2) is 0 Å². The van der Waals surface area contributed by atoms with Crippen molar-refractivity contribution in [2.24, 2.45) is 0 Å². The van der Waals surface area contributed by atoms with E-state index in [0.717, 1.165) is 53.9 Å². The highest BCUT2D eigenvalue weighted by Gasteiger charge is 2.21. The summed E-state index contributed by atoms with van der Waals surface area (Å²) in [5.74, 6) is 0.124. The summed E-state index contributed by atoms with van der Waals surface area (Å²) < 4.78 is 0. The van der Waals surface area contributed by atoms with E-state index in [0.29, 0.717) is 0 Å². The number of benzene rings is 1. The molecule has 21 heavy (non-hydrogen) atoms. The third-order valence-corrected chi connectivity index (χ3v) is 4.01. The predicted molar refractivity (Wildman–Crippen MR) is 84.7 cm³/mol. The second-order valence-electron chi connectivity index (χ2n) is 5.83. The van der Waals surface area contributed by atoms with Gasteiger partial charge in [-0.2, -0.15) is 0 Å². The summed E-state index contributed by atoms with van der Waals surface area (Å²) in [7, 11) is 0. The molecule has 1 aromatic carbocycles. The number of piperazine rings is 1. The van der Waals surface area contributed by atoms with E-state index in [1.807, 2.05) is 17.9 Å². The average Bonchev–Trinajstić information content (AvgIpc) is 2.45. The fourth-order valence-electron chi connectivity index (χ4n) is 3.09. The zero-order valence-corrected chi connectivity index (χ0v) is 12.9. The minimum absolute atomic E-state index is 0.124. The van der Waals surface area contributed by atoms with Gasteiger partial charge in [-0.3, -0.25) is 9.78 Å². The maximum atomic E-state index is 12.9. The van der Waals surface area contributed by atoms with Crippen molar-refractivity contribution in [3.8, 4) is 0 Å². The molecule has 0 atom stereocenters. The minimum atomic E-state index is 0.124. The van der Waals surface area contributed by atoms with Crippen LogP contribution in [0.3, 0.4) is 0 Å². The molecule has 0 saturated carbocycles. The van der Waals surface area contributed by atoms with Gasteiger partial charge >= 0.3 is 0 Å². The number of carbonyl (C=O) groups is 1. The van der Waals surface area contributed by atoms with E-state index in [9.17, 15) is 4.79 Å². The number of aryl methyl sites for hydroxylation is 3. The van der Waals surface area contributed by atoms with Crippen LogP contribution in [0.5, 0.6) is 0 Å². The first-order chi connectivity index (χ1) is 10.1. The number of amides is 1. The molecular weight excluding hydrogens is 262 g/mol. The molecule has 2 aromatic rings. The van der Waals surface area contributed by atoms with Gasteiger partial charge < -0.3 is 10.2 Å². The van der Waals surface area contributed by atoms with E-state index in [-0.39, 0.29) is 5.91 Å². The van der Waals surface area contributed by atoms with Crippen molar-refractivity contribution in [3.05, 3.63) is 40.6 Å². The summed E-state index contributed by atoms with van der Waals surface area (Å²) in [6, 6.07) is 6.10. The lowest BCUT2D eigenvalue weighted by Gasteiger charge is -2.28. The zero-order chi connectivity index (χ0) is 15.0. The van der Waals surface area contributed by atoms with Gasteiger partial charge in [0.05, 0.1) is 11.1 Å². The van der Waals surface area contributed by atoms with Gasteiger partial charge in [0.25, 0.3) is 5.91 Å². The molecule has 2 heterocycles. The fourth-order valence-corrected chi connectivity index (χ4v) is 3.09. The highest BCUT2D eigenvalue weighted by molar-refractivity contribution is 6.07. The molecule has 4 nitrogen and oxygen atoms in total. The van der Waals surface area contributed by atoms with Crippen LogP contribution >= 0.6 is 0 Å². The first kappa shape index (κ1) is 14.0. The maximum absolute atomic E-state index is 12.9. The molecule has 1 fully saturated rings. The standard InChI is InChI=1S/C17H21N3O/c1-11-8-12(2)16-14(10-13(3)19-15(16)9-11)17(21)20-6-4-18-5-7-20/h8-10,18H,4-7H2,1-3H3. The van der Waals surface area contributed by atoms with Crippen LogP contribution in [0.15, 0.2) is 18.2 Å². The quantitative estimate of drug-likeness (QED) is 0.872. The number of nitrogens with one attached hydrogen (secondary N) is 1. The molecule has 4 heteroatoms. The molecule has 0 bridgehead atoms. The summed E-state index contributed by atoms with van der Waals surface area (Å²) >= 11 is 0. The Morgan fingerprint density at radius 3 is 2.57 bits per heavy atom. The van der Waals surface area contributed by atoms with E-state index >= 15 is 0 Å². The zero-order valence-electron chi connectivity index (χ0n) is 12.9. The van der Waals surface area contributed by atoms with E-state index in [2.05, 4.69) is 36.3 Å². The summed E-state index contributed by atoms with van der Waals surface area (Å²) in [5, 5.41) is 4.28. The monoisotopic (exact) mass is 283 g/mol. The van der Waals surface area contributed by atoms with Crippen molar-refractivity contribution in [2.45, 2.75) is 20.8 Å². The fraction of sp³-hybridized carbons (Fsp3) is 0.412. The maximum Gasteiger partial charge on any atom is 0.254 e. The topological polar surface area (TPSA) is 45.2 Å². The number of carbonyl (C=O) groups excluding carboxylic acids is 1. The number of fused-ring (bicyclic) bond motifs is 1. The van der Waals surface area contributed by atoms with Crippen molar-refractivity contribution < 1.29 is 4.79 Å². The third-order valence-electron chi connectivity index (χ3n) is 4.01. The van der Waals surface area contributed by atoms with Gasteiger partial charge in [0.1, 0.15) is 0 Å². The number of hydrogen-bond donors (Lipinski definition) is 1. The highest BCUT2D eigenvalue weighted by Crippen LogP contribution is 2.25. The van der Waals surface area contributed by atoms with Gasteiger partial charge in [-0.25, -0.2) is 0 Å². The molecule has 1 aliphatic heterocycles. The van der Waals surface area contributed by atoms with Crippen molar-refractivity contribution in [1.29, 1.82) is 0 Å². The largest absolute Gasteiger partial charge is 0.336 e. The van der Waals surface area contributed by atoms with Crippen LogP contribution in [-0.2, 0) is 0 Å². The minimum Gasteiger partial charge on any atom is -0.336 e. The normalized spacial score (nSPS) is 15.5. The van der Waals surface area contributed by atoms with Gasteiger partial charge in [0, 0.05) is 37.3 Å². The second kappa shape index (κ2) is 5.45. The van der Waals surface area contributed by atoms with Crippen LogP contribution in [0.1, 0.15) is 27.2 Å². The Bertz CT molecular complexity index is 697. The SMILES string of the molecule is Cc1cc(C)c2c(C(=O)N3CCNCC3)cc(C)nc2c1. The van der Waals surface area contributed by atoms with Gasteiger partial charge in [-0.05, 0) is 44.0 Å². The van der Waals surface area contributed by atoms with Crippen LogP contribution in [0.2, 0.25) is 0 Å². The Hall–Kier alpha value is -1.94. The smallest absolute Gasteiger partial charge is 0.254 e. The van der Waals surface area contributed by atoms with Crippen molar-refractivity contribution >= 4 is 16.8 Å². The Labute approximate surface area is 125 Å². The highest BCUT2D eigenvalue weighted by atomic mass is 16.2. The van der Waals surface area contributed by atoms with Crippen molar-refractivity contribution in [3.63, 3.8) is 0 Å². The molecule has 0 radical (unpaired) electrons. The Kier molecular flexibility index (Phi) is 3.64. The lowest BCUT2D eigenvalue weighted by Crippen LogP contribution is -2.46. The molecule has 1 saturated heterocycles. The number of rotatable bonds is 1. The lowest BCUT2D eigenvalue weighted by atomic mass is 9.99. The molecule has 1 aromatic heterocycles. The first-order valence-electron chi connectivity index (χ1n) is 7.45. The number of nitrogens with zero attached hydrogens (tertiary/aromatic N) is 2. The van der Waals surface area contributed by atoms with Gasteiger partial charge in [-0.15, -0.1) is 0 Å². The van der Waals surface area contributed by atoms with Crippen LogP contribution in [0.4, 0.5) is 0 Å². The predicted octanol–water partition coefficient (Wildman–Crippen LogP) is 2.21. The molecule has 1 amide bonds. The average molecular weight is 283 g/mol. The van der Waals surface area contributed by atoms with Crippen LogP contribution < -0.4 is 5.32 Å². The molecular formula is C17H21N3O. The summed E-state index contributed by atoms with van der Waals surface area (Å²) in [5.41, 5.74) is 4.91. The molecule has 110 valence electrons. The van der Waals surface area contributed by atoms with E-state index in [4.69, 9.17) is 0 Å². The first-order valence-corrected chi connectivity index (χ1v) is 7.45. The Morgan fingerprint density at radius 2 is 1.86 bits per heavy atom. The van der Waals surface area contributed by atoms with E-state index < -0.39 is 0 Å². The Balaban J connectivity index is 2.14. The molecule has 1 N–H and O–H groups in total. The number of hydrogen-bond acceptors (Lipinski definition) is 3. The van der Waals surface area contributed by atoms with Crippen LogP contribution in [-0.4, -0.2) is 42.0 Å². The van der Waals surface area contributed by atoms with Crippen LogP contribution in [0.25, 0.3) is 10.9 Å². The van der Waals surface area contributed by atoms with Crippen molar-refractivity contribution in [1.82, 2.24) is 15.2 Å². The summed E-state index contributed by atoms with van der Waals surface area (Å²) in [4.78, 5) is 19.4. The second-order valence-corrected chi connectivity index (χ2v) is 5.83.